The van der Waals surface area contributed by atoms with E-state index in [2.05, 4.69) is 15.3 Å². The number of hydrogen-bond acceptors (Lipinski definition) is 6. The fraction of sp³-hybridized carbons (Fsp3) is 0.636. The number of anilines is 1. The third-order valence-electron chi connectivity index (χ3n) is 3.10. The summed E-state index contributed by atoms with van der Waals surface area (Å²) >= 11 is 5.75. The smallest absolute Gasteiger partial charge is 0.332 e. The molecular formula is C11H15ClN4O3. The SMILES string of the molecule is Cc1nc(Cl)nc(NC(C)C2CCCO2)c1[N+](=O)[O-]. The zero-order valence-corrected chi connectivity index (χ0v) is 11.5. The molecule has 1 aliphatic heterocycles. The monoisotopic (exact) mass is 286 g/mol. The van der Waals surface area contributed by atoms with Gasteiger partial charge in [0.1, 0.15) is 5.69 Å². The minimum atomic E-state index is -0.504. The molecule has 0 spiro atoms. The summed E-state index contributed by atoms with van der Waals surface area (Å²) in [5.74, 6) is 0.144. The molecule has 0 bridgehead atoms. The van der Waals surface area contributed by atoms with Crippen molar-refractivity contribution < 1.29 is 9.66 Å². The van der Waals surface area contributed by atoms with Crippen molar-refractivity contribution in [3.05, 3.63) is 21.1 Å². The number of rotatable bonds is 4. The molecule has 0 amide bonds. The molecule has 1 N–H and O–H groups in total. The van der Waals surface area contributed by atoms with Gasteiger partial charge in [0.25, 0.3) is 0 Å². The van der Waals surface area contributed by atoms with Crippen molar-refractivity contribution in [1.82, 2.24) is 9.97 Å². The van der Waals surface area contributed by atoms with Crippen LogP contribution in [0.25, 0.3) is 0 Å². The molecule has 0 aromatic carbocycles. The van der Waals surface area contributed by atoms with Crippen LogP contribution in [0.1, 0.15) is 25.5 Å². The van der Waals surface area contributed by atoms with E-state index in [1.165, 1.54) is 6.92 Å². The quantitative estimate of drug-likeness (QED) is 0.519. The Morgan fingerprint density at radius 1 is 1.58 bits per heavy atom. The van der Waals surface area contributed by atoms with Gasteiger partial charge in [-0.25, -0.2) is 4.98 Å². The van der Waals surface area contributed by atoms with Crippen molar-refractivity contribution in [1.29, 1.82) is 0 Å². The van der Waals surface area contributed by atoms with Crippen molar-refractivity contribution in [3.63, 3.8) is 0 Å². The lowest BCUT2D eigenvalue weighted by atomic mass is 10.1. The van der Waals surface area contributed by atoms with Crippen LogP contribution in [-0.2, 0) is 4.74 Å². The molecule has 0 saturated carbocycles. The van der Waals surface area contributed by atoms with Gasteiger partial charge in [-0.1, -0.05) is 0 Å². The molecule has 19 heavy (non-hydrogen) atoms. The Bertz CT molecular complexity index is 491. The van der Waals surface area contributed by atoms with Crippen LogP contribution in [0.5, 0.6) is 0 Å². The highest BCUT2D eigenvalue weighted by Gasteiger charge is 2.27. The third kappa shape index (κ3) is 3.10. The lowest BCUT2D eigenvalue weighted by molar-refractivity contribution is -0.385. The number of nitrogens with one attached hydrogen (secondary N) is 1. The fourth-order valence-corrected chi connectivity index (χ4v) is 2.37. The largest absolute Gasteiger partial charge is 0.376 e. The molecule has 0 aliphatic carbocycles. The number of ether oxygens (including phenoxy) is 1. The molecule has 104 valence electrons. The Morgan fingerprint density at radius 2 is 2.32 bits per heavy atom. The molecule has 1 aromatic rings. The van der Waals surface area contributed by atoms with Crippen molar-refractivity contribution >= 4 is 23.1 Å². The van der Waals surface area contributed by atoms with Gasteiger partial charge < -0.3 is 10.1 Å². The van der Waals surface area contributed by atoms with E-state index in [4.69, 9.17) is 16.3 Å². The van der Waals surface area contributed by atoms with Gasteiger partial charge in [-0.05, 0) is 38.3 Å². The van der Waals surface area contributed by atoms with E-state index in [1.807, 2.05) is 6.92 Å². The molecule has 7 nitrogen and oxygen atoms in total. The average Bonchev–Trinajstić information content (AvgIpc) is 2.80. The summed E-state index contributed by atoms with van der Waals surface area (Å²) in [6.07, 6.45) is 1.97. The lowest BCUT2D eigenvalue weighted by Crippen LogP contribution is -2.30. The first-order valence-corrected chi connectivity index (χ1v) is 6.43. The second-order valence-electron chi connectivity index (χ2n) is 4.52. The van der Waals surface area contributed by atoms with Gasteiger partial charge in [0, 0.05) is 6.61 Å². The number of hydrogen-bond donors (Lipinski definition) is 1. The minimum Gasteiger partial charge on any atom is -0.376 e. The fourth-order valence-electron chi connectivity index (χ4n) is 2.16. The zero-order valence-electron chi connectivity index (χ0n) is 10.7. The first kappa shape index (κ1) is 14.0. The van der Waals surface area contributed by atoms with E-state index in [-0.39, 0.29) is 34.6 Å². The predicted octanol–water partition coefficient (Wildman–Crippen LogP) is 2.33. The van der Waals surface area contributed by atoms with E-state index < -0.39 is 4.92 Å². The predicted molar refractivity (Wildman–Crippen MR) is 70.5 cm³/mol. The third-order valence-corrected chi connectivity index (χ3v) is 3.27. The molecular weight excluding hydrogens is 272 g/mol. The lowest BCUT2D eigenvalue weighted by Gasteiger charge is -2.20. The Kier molecular flexibility index (Phi) is 4.16. The van der Waals surface area contributed by atoms with Crippen molar-refractivity contribution in [2.75, 3.05) is 11.9 Å². The molecule has 2 heterocycles. The van der Waals surface area contributed by atoms with Crippen LogP contribution >= 0.6 is 11.6 Å². The summed E-state index contributed by atoms with van der Waals surface area (Å²) in [7, 11) is 0. The molecule has 1 saturated heterocycles. The summed E-state index contributed by atoms with van der Waals surface area (Å²) in [5.41, 5.74) is 0.0984. The van der Waals surface area contributed by atoms with Crippen LogP contribution in [0.3, 0.4) is 0 Å². The maximum absolute atomic E-state index is 11.1. The van der Waals surface area contributed by atoms with Gasteiger partial charge in [-0.3, -0.25) is 10.1 Å². The van der Waals surface area contributed by atoms with Crippen LogP contribution in [0.4, 0.5) is 11.5 Å². The Hall–Kier alpha value is -1.47. The second kappa shape index (κ2) is 5.66. The standard InChI is InChI=1S/C11H15ClN4O3/c1-6(8-4-3-5-19-8)13-10-9(16(17)18)7(2)14-11(12)15-10/h6,8H,3-5H2,1-2H3,(H,13,14,15). The highest BCUT2D eigenvalue weighted by atomic mass is 35.5. The van der Waals surface area contributed by atoms with Gasteiger partial charge in [0.05, 0.1) is 17.1 Å². The van der Waals surface area contributed by atoms with E-state index in [1.54, 1.807) is 0 Å². The van der Waals surface area contributed by atoms with Crippen molar-refractivity contribution in [2.24, 2.45) is 0 Å². The number of aromatic nitrogens is 2. The van der Waals surface area contributed by atoms with E-state index in [0.717, 1.165) is 19.4 Å². The molecule has 1 fully saturated rings. The number of nitro groups is 1. The van der Waals surface area contributed by atoms with Crippen LogP contribution in [0.2, 0.25) is 5.28 Å². The number of nitrogens with zero attached hydrogens (tertiary/aromatic N) is 3. The van der Waals surface area contributed by atoms with Crippen LogP contribution in [0.15, 0.2) is 0 Å². The van der Waals surface area contributed by atoms with Crippen LogP contribution in [0, 0.1) is 17.0 Å². The van der Waals surface area contributed by atoms with Crippen LogP contribution in [-0.4, -0.2) is 33.6 Å². The summed E-state index contributed by atoms with van der Waals surface area (Å²) < 4.78 is 5.54. The van der Waals surface area contributed by atoms with Gasteiger partial charge in [0.2, 0.25) is 11.1 Å². The molecule has 1 aliphatic rings. The summed E-state index contributed by atoms with van der Waals surface area (Å²) in [5, 5.41) is 14.1. The van der Waals surface area contributed by atoms with Gasteiger partial charge in [0.15, 0.2) is 0 Å². The molecule has 2 rings (SSSR count). The van der Waals surface area contributed by atoms with E-state index >= 15 is 0 Å². The molecule has 0 radical (unpaired) electrons. The van der Waals surface area contributed by atoms with Gasteiger partial charge in [-0.2, -0.15) is 4.98 Å². The van der Waals surface area contributed by atoms with Crippen molar-refractivity contribution in [2.45, 2.75) is 38.8 Å². The van der Waals surface area contributed by atoms with E-state index in [0.29, 0.717) is 0 Å². The molecule has 2 atom stereocenters. The maximum Gasteiger partial charge on any atom is 0.332 e. The summed E-state index contributed by atoms with van der Waals surface area (Å²) in [4.78, 5) is 18.3. The highest BCUT2D eigenvalue weighted by molar-refractivity contribution is 6.28. The van der Waals surface area contributed by atoms with Gasteiger partial charge >= 0.3 is 5.69 Å². The Balaban J connectivity index is 2.25. The maximum atomic E-state index is 11.1. The Labute approximate surface area is 115 Å². The van der Waals surface area contributed by atoms with Gasteiger partial charge in [-0.15, -0.1) is 0 Å². The number of aryl methyl sites for hydroxylation is 1. The summed E-state index contributed by atoms with van der Waals surface area (Å²) in [6, 6.07) is -0.0773. The van der Waals surface area contributed by atoms with E-state index in [9.17, 15) is 10.1 Å². The second-order valence-corrected chi connectivity index (χ2v) is 4.85. The zero-order chi connectivity index (χ0) is 14.0. The first-order valence-electron chi connectivity index (χ1n) is 6.05. The van der Waals surface area contributed by atoms with Crippen LogP contribution < -0.4 is 5.32 Å². The minimum absolute atomic E-state index is 0.00913. The average molecular weight is 287 g/mol. The molecule has 2 unspecified atom stereocenters. The highest BCUT2D eigenvalue weighted by Crippen LogP contribution is 2.28. The normalized spacial score (nSPS) is 20.3. The van der Waals surface area contributed by atoms with Crippen molar-refractivity contribution in [3.8, 4) is 0 Å². The first-order chi connectivity index (χ1) is 8.99. The number of halogens is 1. The summed E-state index contributed by atoms with van der Waals surface area (Å²) in [6.45, 7) is 4.17. The Morgan fingerprint density at radius 3 is 2.89 bits per heavy atom. The molecule has 8 heteroatoms. The topological polar surface area (TPSA) is 90.2 Å². The molecule has 1 aromatic heterocycles.